The van der Waals surface area contributed by atoms with Gasteiger partial charge in [-0.25, -0.2) is 9.97 Å². The summed E-state index contributed by atoms with van der Waals surface area (Å²) in [6.07, 6.45) is 3.12. The fourth-order valence-electron chi connectivity index (χ4n) is 0.541. The Morgan fingerprint density at radius 2 is 2.17 bits per heavy atom. The maximum Gasteiger partial charge on any atom is 0.316 e. The van der Waals surface area contributed by atoms with E-state index in [1.54, 1.807) is 12.4 Å². The zero-order chi connectivity index (χ0) is 8.97. The lowest BCUT2D eigenvalue weighted by Crippen LogP contribution is -2.08. The number of carbonyl (C=O) groups is 1. The van der Waals surface area contributed by atoms with Crippen LogP contribution in [0.4, 0.5) is 0 Å². The van der Waals surface area contributed by atoms with E-state index >= 15 is 0 Å². The molecular formula is C7H7BrN2O2. The number of carbonyl (C=O) groups excluding carboxylic acids is 1. The van der Waals surface area contributed by atoms with Crippen LogP contribution in [0.5, 0.6) is 6.01 Å². The van der Waals surface area contributed by atoms with Crippen molar-refractivity contribution in [2.75, 3.05) is 6.61 Å². The molecule has 1 heterocycles. The van der Waals surface area contributed by atoms with Crippen LogP contribution < -0.4 is 4.74 Å². The van der Waals surface area contributed by atoms with Crippen LogP contribution in [-0.2, 0) is 4.79 Å². The first kappa shape index (κ1) is 9.12. The zero-order valence-corrected chi connectivity index (χ0v) is 8.04. The van der Waals surface area contributed by atoms with E-state index < -0.39 is 0 Å². The molecule has 0 aromatic carbocycles. The Balaban J connectivity index is 2.53. The summed E-state index contributed by atoms with van der Waals surface area (Å²) in [5.41, 5.74) is 0. The molecular weight excluding hydrogens is 224 g/mol. The van der Waals surface area contributed by atoms with Gasteiger partial charge in [0.05, 0.1) is 4.47 Å². The van der Waals surface area contributed by atoms with Crippen molar-refractivity contribution in [1.82, 2.24) is 9.97 Å². The lowest BCUT2D eigenvalue weighted by atomic mass is 10.5. The number of ether oxygens (including phenoxy) is 1. The third-order valence-corrected chi connectivity index (χ3v) is 1.41. The number of hydrogen-bond donors (Lipinski definition) is 0. The number of halogens is 1. The van der Waals surface area contributed by atoms with Gasteiger partial charge in [0.2, 0.25) is 0 Å². The number of Topliss-reactive ketones (excluding diaryl/α,β-unsaturated/α-hetero) is 1. The van der Waals surface area contributed by atoms with Crippen LogP contribution in [0.25, 0.3) is 0 Å². The molecule has 0 amide bonds. The third-order valence-electron chi connectivity index (χ3n) is 1.00. The summed E-state index contributed by atoms with van der Waals surface area (Å²) in [7, 11) is 0. The van der Waals surface area contributed by atoms with Crippen molar-refractivity contribution in [1.29, 1.82) is 0 Å². The molecule has 0 spiro atoms. The quantitative estimate of drug-likeness (QED) is 0.784. The maximum atomic E-state index is 10.5. The lowest BCUT2D eigenvalue weighted by Gasteiger charge is -1.99. The van der Waals surface area contributed by atoms with Crippen LogP contribution >= 0.6 is 15.9 Å². The summed E-state index contributed by atoms with van der Waals surface area (Å²) >= 11 is 3.18. The van der Waals surface area contributed by atoms with Gasteiger partial charge in [0, 0.05) is 12.4 Å². The monoisotopic (exact) mass is 230 g/mol. The minimum atomic E-state index is -0.0541. The van der Waals surface area contributed by atoms with Crippen LogP contribution in [0.2, 0.25) is 0 Å². The molecule has 4 nitrogen and oxygen atoms in total. The molecule has 0 radical (unpaired) electrons. The van der Waals surface area contributed by atoms with Gasteiger partial charge in [-0.2, -0.15) is 0 Å². The number of ketones is 1. The Kier molecular flexibility index (Phi) is 3.16. The Bertz CT molecular complexity index is 273. The molecule has 0 fully saturated rings. The first-order valence-electron chi connectivity index (χ1n) is 3.28. The summed E-state index contributed by atoms with van der Waals surface area (Å²) in [5.74, 6) is -0.0541. The van der Waals surface area contributed by atoms with Crippen molar-refractivity contribution in [3.05, 3.63) is 16.9 Å². The number of nitrogens with zero attached hydrogens (tertiary/aromatic N) is 2. The smallest absolute Gasteiger partial charge is 0.316 e. The summed E-state index contributed by atoms with van der Waals surface area (Å²) in [6.45, 7) is 1.46. The van der Waals surface area contributed by atoms with Gasteiger partial charge < -0.3 is 4.74 Å². The Morgan fingerprint density at radius 1 is 1.58 bits per heavy atom. The van der Waals surface area contributed by atoms with E-state index in [-0.39, 0.29) is 18.4 Å². The topological polar surface area (TPSA) is 52.1 Å². The Hall–Kier alpha value is -0.970. The minimum Gasteiger partial charge on any atom is -0.455 e. The van der Waals surface area contributed by atoms with Gasteiger partial charge in [-0.15, -0.1) is 0 Å². The van der Waals surface area contributed by atoms with Gasteiger partial charge in [0.1, 0.15) is 6.61 Å². The molecule has 1 aromatic rings. The standard InChI is InChI=1S/C7H7BrN2O2/c1-5(11)4-12-7-9-2-6(8)3-10-7/h2-3H,4H2,1H3. The molecule has 1 rings (SSSR count). The molecule has 0 saturated carbocycles. The molecule has 0 N–H and O–H groups in total. The van der Waals surface area contributed by atoms with Gasteiger partial charge >= 0.3 is 6.01 Å². The van der Waals surface area contributed by atoms with E-state index in [1.165, 1.54) is 6.92 Å². The van der Waals surface area contributed by atoms with Gasteiger partial charge in [-0.05, 0) is 22.9 Å². The van der Waals surface area contributed by atoms with E-state index in [1.807, 2.05) is 0 Å². The van der Waals surface area contributed by atoms with Crippen LogP contribution in [0.15, 0.2) is 16.9 Å². The van der Waals surface area contributed by atoms with Gasteiger partial charge in [-0.3, -0.25) is 4.79 Å². The van der Waals surface area contributed by atoms with Crippen LogP contribution in [0.3, 0.4) is 0 Å². The molecule has 0 saturated heterocycles. The normalized spacial score (nSPS) is 9.50. The van der Waals surface area contributed by atoms with Crippen LogP contribution in [-0.4, -0.2) is 22.4 Å². The van der Waals surface area contributed by atoms with Gasteiger partial charge in [0.25, 0.3) is 0 Å². The first-order valence-corrected chi connectivity index (χ1v) is 4.07. The first-order chi connectivity index (χ1) is 5.68. The van der Waals surface area contributed by atoms with Crippen molar-refractivity contribution in [3.8, 4) is 6.01 Å². The molecule has 1 aromatic heterocycles. The molecule has 0 aliphatic carbocycles. The number of hydrogen-bond acceptors (Lipinski definition) is 4. The second-order valence-corrected chi connectivity index (χ2v) is 3.09. The van der Waals surface area contributed by atoms with E-state index in [9.17, 15) is 4.79 Å². The van der Waals surface area contributed by atoms with E-state index in [2.05, 4.69) is 25.9 Å². The highest BCUT2D eigenvalue weighted by Gasteiger charge is 1.98. The molecule has 0 bridgehead atoms. The van der Waals surface area contributed by atoms with Crippen molar-refractivity contribution in [2.45, 2.75) is 6.92 Å². The number of rotatable bonds is 3. The zero-order valence-electron chi connectivity index (χ0n) is 6.45. The molecule has 64 valence electrons. The Morgan fingerprint density at radius 3 is 2.67 bits per heavy atom. The predicted octanol–water partition coefficient (Wildman–Crippen LogP) is 1.21. The highest BCUT2D eigenvalue weighted by atomic mass is 79.9. The number of aromatic nitrogens is 2. The summed E-state index contributed by atoms with van der Waals surface area (Å²) in [6, 6.07) is 0.216. The van der Waals surface area contributed by atoms with Gasteiger partial charge in [-0.1, -0.05) is 0 Å². The van der Waals surface area contributed by atoms with Crippen LogP contribution in [0.1, 0.15) is 6.92 Å². The second kappa shape index (κ2) is 4.15. The average molecular weight is 231 g/mol. The fourth-order valence-corrected chi connectivity index (χ4v) is 0.746. The van der Waals surface area contributed by atoms with Crippen molar-refractivity contribution >= 4 is 21.7 Å². The third kappa shape index (κ3) is 2.96. The van der Waals surface area contributed by atoms with Crippen LogP contribution in [0, 0.1) is 0 Å². The molecule has 0 aliphatic rings. The van der Waals surface area contributed by atoms with Gasteiger partial charge in [0.15, 0.2) is 5.78 Å². The lowest BCUT2D eigenvalue weighted by molar-refractivity contribution is -0.119. The SMILES string of the molecule is CC(=O)COc1ncc(Br)cn1. The highest BCUT2D eigenvalue weighted by molar-refractivity contribution is 9.10. The molecule has 0 unspecified atom stereocenters. The average Bonchev–Trinajstić information content (AvgIpc) is 2.03. The Labute approximate surface area is 78.1 Å². The van der Waals surface area contributed by atoms with Crippen molar-refractivity contribution in [2.24, 2.45) is 0 Å². The minimum absolute atomic E-state index is 0.0155. The molecule has 0 aliphatic heterocycles. The predicted molar refractivity (Wildman–Crippen MR) is 45.9 cm³/mol. The molecule has 5 heteroatoms. The van der Waals surface area contributed by atoms with E-state index in [0.717, 1.165) is 4.47 Å². The van der Waals surface area contributed by atoms with Crippen molar-refractivity contribution in [3.63, 3.8) is 0 Å². The van der Waals surface area contributed by atoms with Crippen molar-refractivity contribution < 1.29 is 9.53 Å². The summed E-state index contributed by atoms with van der Waals surface area (Å²) in [5, 5.41) is 0. The molecule has 12 heavy (non-hydrogen) atoms. The summed E-state index contributed by atoms with van der Waals surface area (Å²) in [4.78, 5) is 18.1. The van der Waals surface area contributed by atoms with E-state index in [0.29, 0.717) is 0 Å². The highest BCUT2D eigenvalue weighted by Crippen LogP contribution is 2.07. The summed E-state index contributed by atoms with van der Waals surface area (Å²) < 4.78 is 5.71. The second-order valence-electron chi connectivity index (χ2n) is 2.17. The van der Waals surface area contributed by atoms with E-state index in [4.69, 9.17) is 4.74 Å². The maximum absolute atomic E-state index is 10.5. The largest absolute Gasteiger partial charge is 0.455 e. The fraction of sp³-hybridized carbons (Fsp3) is 0.286. The molecule has 0 atom stereocenters.